The van der Waals surface area contributed by atoms with Crippen molar-refractivity contribution in [3.8, 4) is 0 Å². The summed E-state index contributed by atoms with van der Waals surface area (Å²) in [6.45, 7) is 5.05. The molecular weight excluding hydrogens is 350 g/mol. The fourth-order valence-electron chi connectivity index (χ4n) is 2.47. The Morgan fingerprint density at radius 3 is 2.81 bits per heavy atom. The summed E-state index contributed by atoms with van der Waals surface area (Å²) >= 11 is 0. The molecule has 27 heavy (non-hydrogen) atoms. The van der Waals surface area contributed by atoms with E-state index < -0.39 is 0 Å². The number of anilines is 2. The summed E-state index contributed by atoms with van der Waals surface area (Å²) in [4.78, 5) is 23.6. The molecule has 0 spiro atoms. The molecule has 3 amide bonds. The maximum Gasteiger partial charge on any atom is 0.315 e. The van der Waals surface area contributed by atoms with Crippen LogP contribution in [0.3, 0.4) is 0 Å². The summed E-state index contributed by atoms with van der Waals surface area (Å²) < 4.78 is 5.02. The predicted molar refractivity (Wildman–Crippen MR) is 99.4 cm³/mol. The first-order valence-corrected chi connectivity index (χ1v) is 8.99. The van der Waals surface area contributed by atoms with E-state index in [1.54, 1.807) is 19.1 Å². The van der Waals surface area contributed by atoms with Gasteiger partial charge in [-0.25, -0.2) is 4.79 Å². The van der Waals surface area contributed by atoms with Gasteiger partial charge in [0.2, 0.25) is 5.91 Å². The summed E-state index contributed by atoms with van der Waals surface area (Å²) in [5.74, 6) is 1.40. The molecule has 2 aromatic rings. The Morgan fingerprint density at radius 1 is 1.30 bits per heavy atom. The minimum Gasteiger partial charge on any atom is -0.368 e. The van der Waals surface area contributed by atoms with Crippen LogP contribution in [-0.4, -0.2) is 45.9 Å². The van der Waals surface area contributed by atoms with Crippen LogP contribution in [-0.2, 0) is 11.2 Å². The molecule has 1 aliphatic carbocycles. The first-order valence-electron chi connectivity index (χ1n) is 8.99. The lowest BCUT2D eigenvalue weighted by Crippen LogP contribution is -2.42. The van der Waals surface area contributed by atoms with Gasteiger partial charge in [-0.1, -0.05) is 5.16 Å². The molecule has 0 unspecified atom stereocenters. The van der Waals surface area contributed by atoms with Crippen molar-refractivity contribution in [2.24, 2.45) is 0 Å². The topological polar surface area (TPSA) is 137 Å². The van der Waals surface area contributed by atoms with Crippen LogP contribution >= 0.6 is 0 Å². The Hall–Kier alpha value is -3.04. The van der Waals surface area contributed by atoms with E-state index in [4.69, 9.17) is 4.52 Å². The first kappa shape index (κ1) is 18.7. The van der Waals surface area contributed by atoms with Crippen molar-refractivity contribution in [1.82, 2.24) is 26.0 Å². The number of hydrogen-bond donors (Lipinski definition) is 5. The van der Waals surface area contributed by atoms with Crippen LogP contribution in [0.5, 0.6) is 0 Å². The van der Waals surface area contributed by atoms with E-state index in [-0.39, 0.29) is 23.9 Å². The Kier molecular flexibility index (Phi) is 5.63. The minimum atomic E-state index is -0.221. The van der Waals surface area contributed by atoms with E-state index in [9.17, 15) is 9.59 Å². The maximum absolute atomic E-state index is 12.0. The molecule has 0 saturated heterocycles. The number of urea groups is 1. The quantitative estimate of drug-likeness (QED) is 0.422. The van der Waals surface area contributed by atoms with Gasteiger partial charge in [0.15, 0.2) is 0 Å². The second-order valence-corrected chi connectivity index (χ2v) is 7.05. The van der Waals surface area contributed by atoms with Crippen molar-refractivity contribution < 1.29 is 14.1 Å². The van der Waals surface area contributed by atoms with Crippen molar-refractivity contribution >= 4 is 23.6 Å². The minimum absolute atomic E-state index is 0.00943. The van der Waals surface area contributed by atoms with Crippen molar-refractivity contribution in [2.75, 3.05) is 23.7 Å². The van der Waals surface area contributed by atoms with Crippen LogP contribution in [0.25, 0.3) is 0 Å². The zero-order valence-corrected chi connectivity index (χ0v) is 15.5. The Balaban J connectivity index is 1.30. The lowest BCUT2D eigenvalue weighted by Gasteiger charge is -2.12. The Labute approximate surface area is 156 Å². The molecule has 0 aliphatic heterocycles. The molecule has 5 N–H and O–H groups in total. The number of carbonyl (C=O) groups is 2. The summed E-state index contributed by atoms with van der Waals surface area (Å²) in [6, 6.07) is 3.30. The second-order valence-electron chi connectivity index (χ2n) is 7.05. The van der Waals surface area contributed by atoms with Crippen LogP contribution in [0.15, 0.2) is 16.7 Å². The van der Waals surface area contributed by atoms with Crippen LogP contribution < -0.4 is 21.3 Å². The summed E-state index contributed by atoms with van der Waals surface area (Å²) in [5, 5.41) is 22.2. The van der Waals surface area contributed by atoms with Gasteiger partial charge in [0.1, 0.15) is 17.4 Å². The predicted octanol–water partition coefficient (Wildman–Crippen LogP) is 1.54. The molecule has 146 valence electrons. The highest BCUT2D eigenvalue weighted by molar-refractivity contribution is 5.91. The van der Waals surface area contributed by atoms with Crippen molar-refractivity contribution in [3.63, 3.8) is 0 Å². The zero-order chi connectivity index (χ0) is 19.3. The Bertz CT molecular complexity index is 794. The van der Waals surface area contributed by atoms with Gasteiger partial charge in [-0.05, 0) is 33.1 Å². The number of nitrogens with zero attached hydrogens (tertiary/aromatic N) is 2. The normalized spacial score (nSPS) is 14.4. The zero-order valence-electron chi connectivity index (χ0n) is 15.5. The molecule has 10 nitrogen and oxygen atoms in total. The van der Waals surface area contributed by atoms with Gasteiger partial charge in [0.25, 0.3) is 0 Å². The molecule has 0 bridgehead atoms. The number of carbonyl (C=O) groups excluding carboxylic acids is 2. The number of rotatable bonds is 9. The first-order chi connectivity index (χ1) is 12.9. The molecule has 10 heteroatoms. The van der Waals surface area contributed by atoms with Crippen molar-refractivity contribution in [3.05, 3.63) is 23.6 Å². The average molecular weight is 375 g/mol. The molecule has 2 aromatic heterocycles. The highest BCUT2D eigenvalue weighted by Gasteiger charge is 2.38. The number of aromatic amines is 1. The molecule has 1 aliphatic rings. The van der Waals surface area contributed by atoms with E-state index in [1.165, 1.54) is 0 Å². The van der Waals surface area contributed by atoms with E-state index in [0.29, 0.717) is 30.5 Å². The van der Waals surface area contributed by atoms with Crippen molar-refractivity contribution in [1.29, 1.82) is 0 Å². The van der Waals surface area contributed by atoms with Gasteiger partial charge in [0.05, 0.1) is 12.1 Å². The second kappa shape index (κ2) is 8.11. The fraction of sp³-hybridized carbons (Fsp3) is 0.529. The average Bonchev–Trinajstić information content (AvgIpc) is 2.97. The third-order valence-electron chi connectivity index (χ3n) is 4.22. The van der Waals surface area contributed by atoms with Crippen LogP contribution in [0.4, 0.5) is 16.4 Å². The lowest BCUT2D eigenvalue weighted by atomic mass is 10.3. The molecule has 0 aromatic carbocycles. The van der Waals surface area contributed by atoms with Crippen molar-refractivity contribution in [2.45, 2.75) is 45.1 Å². The maximum atomic E-state index is 12.0. The smallest absolute Gasteiger partial charge is 0.315 e. The molecular formula is C17H25N7O3. The number of hydrogen-bond acceptors (Lipinski definition) is 6. The van der Waals surface area contributed by atoms with Gasteiger partial charge >= 0.3 is 6.03 Å². The van der Waals surface area contributed by atoms with Gasteiger partial charge in [0, 0.05) is 30.8 Å². The number of aryl methyl sites for hydroxylation is 1. The van der Waals surface area contributed by atoms with Crippen LogP contribution in [0, 0.1) is 6.92 Å². The van der Waals surface area contributed by atoms with E-state index in [1.807, 2.05) is 6.92 Å². The molecule has 1 fully saturated rings. The fourth-order valence-corrected chi connectivity index (χ4v) is 2.47. The highest BCUT2D eigenvalue weighted by Crippen LogP contribution is 2.33. The van der Waals surface area contributed by atoms with Gasteiger partial charge in [-0.15, -0.1) is 0 Å². The SMILES string of the molecule is Cc1cc(CC(=O)Nc2cc(NCCCNC(=O)NC3(C)CC3)n[nH]2)on1. The van der Waals surface area contributed by atoms with Gasteiger partial charge in [-0.3, -0.25) is 9.89 Å². The van der Waals surface area contributed by atoms with Gasteiger partial charge < -0.3 is 25.8 Å². The number of H-pyrrole nitrogens is 1. The third-order valence-corrected chi connectivity index (χ3v) is 4.22. The lowest BCUT2D eigenvalue weighted by molar-refractivity contribution is -0.115. The summed E-state index contributed by atoms with van der Waals surface area (Å²) in [7, 11) is 0. The third kappa shape index (κ3) is 6.01. The van der Waals surface area contributed by atoms with Crippen LogP contribution in [0.1, 0.15) is 37.6 Å². The number of nitrogens with one attached hydrogen (secondary N) is 5. The molecule has 3 rings (SSSR count). The molecule has 2 heterocycles. The van der Waals surface area contributed by atoms with E-state index in [2.05, 4.69) is 36.6 Å². The molecule has 1 saturated carbocycles. The largest absolute Gasteiger partial charge is 0.368 e. The molecule has 0 atom stereocenters. The number of aromatic nitrogens is 3. The Morgan fingerprint density at radius 2 is 2.11 bits per heavy atom. The highest BCUT2D eigenvalue weighted by atomic mass is 16.5. The van der Waals surface area contributed by atoms with E-state index >= 15 is 0 Å². The van der Waals surface area contributed by atoms with E-state index in [0.717, 1.165) is 25.0 Å². The number of amides is 3. The standard InChI is InChI=1S/C17H25N7O3/c1-11-8-12(27-24-11)9-15(25)20-14-10-13(22-23-14)18-6-3-7-19-16(26)21-17(2)4-5-17/h8,10H,3-7,9H2,1-2H3,(H2,19,21,26)(H3,18,20,22,23,25). The van der Waals surface area contributed by atoms with Gasteiger partial charge in [-0.2, -0.15) is 5.10 Å². The van der Waals surface area contributed by atoms with Crippen LogP contribution in [0.2, 0.25) is 0 Å². The summed E-state index contributed by atoms with van der Waals surface area (Å²) in [6.07, 6.45) is 2.94. The monoisotopic (exact) mass is 375 g/mol. The molecule has 0 radical (unpaired) electrons. The summed E-state index contributed by atoms with van der Waals surface area (Å²) in [5.41, 5.74) is 0.726.